The average molecular weight is 413 g/mol. The van der Waals surface area contributed by atoms with Crippen LogP contribution < -0.4 is 4.74 Å². The van der Waals surface area contributed by atoms with Crippen LogP contribution in [0.15, 0.2) is 58.2 Å². The molecular formula is C21H20FN3O3S. The van der Waals surface area contributed by atoms with Gasteiger partial charge in [-0.3, -0.25) is 4.79 Å². The van der Waals surface area contributed by atoms with Gasteiger partial charge in [0.25, 0.3) is 5.22 Å². The number of carbonyl (C=O) groups excluding carboxylic acids is 1. The summed E-state index contributed by atoms with van der Waals surface area (Å²) in [4.78, 5) is 14.6. The minimum Gasteiger partial charge on any atom is -0.497 e. The van der Waals surface area contributed by atoms with Gasteiger partial charge in [-0.05, 0) is 54.8 Å². The van der Waals surface area contributed by atoms with Gasteiger partial charge in [0.2, 0.25) is 11.8 Å². The van der Waals surface area contributed by atoms with E-state index in [1.807, 2.05) is 29.2 Å². The molecule has 0 bridgehead atoms. The van der Waals surface area contributed by atoms with Crippen LogP contribution >= 0.6 is 11.8 Å². The maximum Gasteiger partial charge on any atom is 0.277 e. The molecule has 3 aromatic rings. The molecule has 2 aromatic carbocycles. The lowest BCUT2D eigenvalue weighted by Crippen LogP contribution is -2.33. The number of methoxy groups -OCH3 is 1. The van der Waals surface area contributed by atoms with Crippen molar-refractivity contribution in [3.63, 3.8) is 0 Å². The fourth-order valence-corrected chi connectivity index (χ4v) is 3.57. The molecule has 8 heteroatoms. The Morgan fingerprint density at radius 1 is 1.17 bits per heavy atom. The summed E-state index contributed by atoms with van der Waals surface area (Å²) < 4.78 is 23.9. The zero-order valence-corrected chi connectivity index (χ0v) is 16.7. The molecule has 0 unspecified atom stereocenters. The molecule has 0 atom stereocenters. The molecule has 0 saturated heterocycles. The molecule has 0 spiro atoms. The van der Waals surface area contributed by atoms with E-state index in [1.165, 1.54) is 23.9 Å². The maximum atomic E-state index is 13.1. The predicted octanol–water partition coefficient (Wildman–Crippen LogP) is 4.17. The molecule has 1 fully saturated rings. The van der Waals surface area contributed by atoms with Crippen molar-refractivity contribution in [1.29, 1.82) is 0 Å². The zero-order chi connectivity index (χ0) is 20.2. The fourth-order valence-electron chi connectivity index (χ4n) is 2.92. The van der Waals surface area contributed by atoms with E-state index in [9.17, 15) is 9.18 Å². The maximum absolute atomic E-state index is 13.1. The summed E-state index contributed by atoms with van der Waals surface area (Å²) in [5.74, 6) is 1.08. The number of ether oxygens (including phenoxy) is 1. The molecule has 1 aliphatic carbocycles. The standard InChI is InChI=1S/C21H20FN3O3S/c1-27-18-10-4-15(5-11-18)20-23-24-21(28-20)29-13-19(26)25(17-8-9-17)12-14-2-6-16(22)7-3-14/h2-7,10-11,17H,8-9,12-13H2,1H3. The van der Waals surface area contributed by atoms with Crippen LogP contribution in [-0.4, -0.2) is 39.9 Å². The van der Waals surface area contributed by atoms with Gasteiger partial charge in [-0.15, -0.1) is 10.2 Å². The molecule has 150 valence electrons. The monoisotopic (exact) mass is 413 g/mol. The Kier molecular flexibility index (Phi) is 5.80. The number of hydrogen-bond acceptors (Lipinski definition) is 6. The minimum absolute atomic E-state index is 0.00558. The summed E-state index contributed by atoms with van der Waals surface area (Å²) in [6.45, 7) is 0.477. The number of nitrogens with zero attached hydrogens (tertiary/aromatic N) is 3. The molecule has 1 amide bonds. The van der Waals surface area contributed by atoms with Crippen LogP contribution in [0.1, 0.15) is 18.4 Å². The van der Waals surface area contributed by atoms with Crippen LogP contribution in [0, 0.1) is 5.82 Å². The molecule has 1 aliphatic rings. The quantitative estimate of drug-likeness (QED) is 0.517. The normalized spacial score (nSPS) is 13.3. The number of aromatic nitrogens is 2. The van der Waals surface area contributed by atoms with Crippen LogP contribution in [0.2, 0.25) is 0 Å². The van der Waals surface area contributed by atoms with E-state index >= 15 is 0 Å². The highest BCUT2D eigenvalue weighted by molar-refractivity contribution is 7.99. The van der Waals surface area contributed by atoms with Crippen molar-refractivity contribution < 1.29 is 18.3 Å². The third-order valence-corrected chi connectivity index (χ3v) is 5.44. The second-order valence-corrected chi connectivity index (χ2v) is 7.70. The second kappa shape index (κ2) is 8.65. The van der Waals surface area contributed by atoms with Crippen molar-refractivity contribution in [2.45, 2.75) is 30.7 Å². The molecule has 4 rings (SSSR count). The van der Waals surface area contributed by atoms with Gasteiger partial charge in [0, 0.05) is 18.2 Å². The molecule has 1 aromatic heterocycles. The highest BCUT2D eigenvalue weighted by Crippen LogP contribution is 2.30. The van der Waals surface area contributed by atoms with Crippen LogP contribution in [-0.2, 0) is 11.3 Å². The van der Waals surface area contributed by atoms with E-state index in [1.54, 1.807) is 19.2 Å². The summed E-state index contributed by atoms with van der Waals surface area (Å²) in [6.07, 6.45) is 2.00. The molecule has 0 radical (unpaired) electrons. The lowest BCUT2D eigenvalue weighted by Gasteiger charge is -2.22. The Labute approximate surface area is 172 Å². The topological polar surface area (TPSA) is 68.5 Å². The third kappa shape index (κ3) is 4.95. The predicted molar refractivity (Wildman–Crippen MR) is 107 cm³/mol. The summed E-state index contributed by atoms with van der Waals surface area (Å²) in [6, 6.07) is 13.8. The third-order valence-electron chi connectivity index (χ3n) is 4.64. The zero-order valence-electron chi connectivity index (χ0n) is 15.9. The van der Waals surface area contributed by atoms with Crippen molar-refractivity contribution in [2.24, 2.45) is 0 Å². The van der Waals surface area contributed by atoms with Crippen molar-refractivity contribution in [1.82, 2.24) is 15.1 Å². The Hall–Kier alpha value is -2.87. The Morgan fingerprint density at radius 3 is 2.55 bits per heavy atom. The molecule has 0 N–H and O–H groups in total. The first-order chi connectivity index (χ1) is 14.1. The van der Waals surface area contributed by atoms with Crippen LogP contribution in [0.5, 0.6) is 5.75 Å². The fraction of sp³-hybridized carbons (Fsp3) is 0.286. The van der Waals surface area contributed by atoms with Gasteiger partial charge in [-0.2, -0.15) is 0 Å². The van der Waals surface area contributed by atoms with E-state index in [0.29, 0.717) is 17.7 Å². The first-order valence-corrected chi connectivity index (χ1v) is 10.3. The van der Waals surface area contributed by atoms with Gasteiger partial charge in [0.05, 0.1) is 12.9 Å². The number of benzene rings is 2. The summed E-state index contributed by atoms with van der Waals surface area (Å²) in [5, 5.41) is 8.42. The second-order valence-electron chi connectivity index (χ2n) is 6.77. The van der Waals surface area contributed by atoms with Gasteiger partial charge in [-0.25, -0.2) is 4.39 Å². The van der Waals surface area contributed by atoms with Crippen LogP contribution in [0.3, 0.4) is 0 Å². The molecule has 6 nitrogen and oxygen atoms in total. The summed E-state index contributed by atoms with van der Waals surface area (Å²) in [5.41, 5.74) is 1.70. The number of carbonyl (C=O) groups is 1. The van der Waals surface area contributed by atoms with Crippen LogP contribution in [0.4, 0.5) is 4.39 Å². The first-order valence-electron chi connectivity index (χ1n) is 9.27. The molecule has 1 saturated carbocycles. The lowest BCUT2D eigenvalue weighted by molar-refractivity contribution is -0.129. The van der Waals surface area contributed by atoms with Gasteiger partial charge in [-0.1, -0.05) is 23.9 Å². The molecule has 29 heavy (non-hydrogen) atoms. The SMILES string of the molecule is COc1ccc(-c2nnc(SCC(=O)N(Cc3ccc(F)cc3)C3CC3)o2)cc1. The van der Waals surface area contributed by atoms with Crippen molar-refractivity contribution in [3.05, 3.63) is 59.9 Å². The number of rotatable bonds is 8. The van der Waals surface area contributed by atoms with Crippen molar-refractivity contribution in [2.75, 3.05) is 12.9 Å². The Balaban J connectivity index is 1.36. The molecule has 0 aliphatic heterocycles. The van der Waals surface area contributed by atoms with Gasteiger partial charge >= 0.3 is 0 Å². The van der Waals surface area contributed by atoms with E-state index < -0.39 is 0 Å². The molecular weight excluding hydrogens is 393 g/mol. The lowest BCUT2D eigenvalue weighted by atomic mass is 10.2. The summed E-state index contributed by atoms with van der Waals surface area (Å²) >= 11 is 1.22. The van der Waals surface area contributed by atoms with Crippen LogP contribution in [0.25, 0.3) is 11.5 Å². The number of hydrogen-bond donors (Lipinski definition) is 0. The summed E-state index contributed by atoms with van der Waals surface area (Å²) in [7, 11) is 1.61. The largest absolute Gasteiger partial charge is 0.497 e. The van der Waals surface area contributed by atoms with Crippen molar-refractivity contribution in [3.8, 4) is 17.2 Å². The average Bonchev–Trinajstić information content (AvgIpc) is 3.48. The Bertz CT molecular complexity index is 972. The van der Waals surface area contributed by atoms with E-state index in [-0.39, 0.29) is 23.5 Å². The highest BCUT2D eigenvalue weighted by atomic mass is 32.2. The van der Waals surface area contributed by atoms with E-state index in [4.69, 9.17) is 9.15 Å². The molecule has 1 heterocycles. The van der Waals surface area contributed by atoms with Gasteiger partial charge in [0.1, 0.15) is 11.6 Å². The highest BCUT2D eigenvalue weighted by Gasteiger charge is 2.32. The first kappa shape index (κ1) is 19.4. The van der Waals surface area contributed by atoms with Gasteiger partial charge in [0.15, 0.2) is 0 Å². The minimum atomic E-state index is -0.280. The van der Waals surface area contributed by atoms with Crippen molar-refractivity contribution >= 4 is 17.7 Å². The smallest absolute Gasteiger partial charge is 0.277 e. The Morgan fingerprint density at radius 2 is 1.90 bits per heavy atom. The number of thioether (sulfide) groups is 1. The number of amides is 1. The number of halogens is 1. The van der Waals surface area contributed by atoms with Gasteiger partial charge < -0.3 is 14.1 Å². The van der Waals surface area contributed by atoms with E-state index in [2.05, 4.69) is 10.2 Å². The van der Waals surface area contributed by atoms with E-state index in [0.717, 1.165) is 29.7 Å².